The van der Waals surface area contributed by atoms with Crippen molar-refractivity contribution in [1.82, 2.24) is 0 Å². The Morgan fingerprint density at radius 1 is 1.08 bits per heavy atom. The predicted molar refractivity (Wildman–Crippen MR) is 107 cm³/mol. The Morgan fingerprint density at radius 2 is 1.73 bits per heavy atom. The summed E-state index contributed by atoms with van der Waals surface area (Å²) in [4.78, 5) is 12.2. The van der Waals surface area contributed by atoms with Crippen LogP contribution < -0.4 is 14.2 Å². The third-order valence-electron chi connectivity index (χ3n) is 3.59. The van der Waals surface area contributed by atoms with Gasteiger partial charge >= 0.3 is 5.97 Å². The number of benzene rings is 2. The third kappa shape index (κ3) is 5.36. The van der Waals surface area contributed by atoms with Gasteiger partial charge in [0.2, 0.25) is 0 Å². The summed E-state index contributed by atoms with van der Waals surface area (Å²) in [7, 11) is 1.59. The largest absolute Gasteiger partial charge is 0.493 e. The van der Waals surface area contributed by atoms with Crippen molar-refractivity contribution in [2.24, 2.45) is 0 Å². The summed E-state index contributed by atoms with van der Waals surface area (Å²) in [6, 6.07) is 9.33. The maximum Gasteiger partial charge on any atom is 0.336 e. The highest BCUT2D eigenvalue weighted by atomic mass is 79.9. The summed E-state index contributed by atoms with van der Waals surface area (Å²) in [5, 5.41) is 0. The number of hydrogen-bond donors (Lipinski definition) is 0. The molecule has 0 amide bonds. The van der Waals surface area contributed by atoms with Crippen molar-refractivity contribution >= 4 is 28.0 Å². The monoisotopic (exact) mass is 418 g/mol. The molecule has 0 bridgehead atoms. The summed E-state index contributed by atoms with van der Waals surface area (Å²) in [5.74, 6) is 1.44. The number of hydrogen-bond acceptors (Lipinski definition) is 4. The molecule has 0 fully saturated rings. The molecule has 0 unspecified atom stereocenters. The second-order valence-electron chi connectivity index (χ2n) is 6.20. The molecule has 0 atom stereocenters. The molecular weight excluding hydrogens is 396 g/mol. The van der Waals surface area contributed by atoms with Crippen LogP contribution in [0.15, 0.2) is 40.9 Å². The maximum absolute atomic E-state index is 12.2. The Kier molecular flexibility index (Phi) is 6.86. The van der Waals surface area contributed by atoms with Crippen LogP contribution in [0, 0.1) is 13.8 Å². The van der Waals surface area contributed by atoms with Gasteiger partial charge < -0.3 is 14.2 Å². The number of ether oxygens (including phenoxy) is 3. The van der Waals surface area contributed by atoms with E-state index in [2.05, 4.69) is 15.9 Å². The van der Waals surface area contributed by atoms with Crippen molar-refractivity contribution in [2.45, 2.75) is 33.8 Å². The number of carbonyl (C=O) groups is 1. The lowest BCUT2D eigenvalue weighted by Gasteiger charge is -2.13. The Morgan fingerprint density at radius 3 is 2.31 bits per heavy atom. The molecule has 0 saturated carbocycles. The van der Waals surface area contributed by atoms with Crippen molar-refractivity contribution in [1.29, 1.82) is 0 Å². The van der Waals surface area contributed by atoms with E-state index in [0.717, 1.165) is 21.2 Å². The molecule has 2 aromatic carbocycles. The fraction of sp³-hybridized carbons (Fsp3) is 0.286. The molecule has 0 aliphatic rings. The van der Waals surface area contributed by atoms with Gasteiger partial charge in [0.1, 0.15) is 5.75 Å². The Hall–Kier alpha value is -2.27. The average Bonchev–Trinajstić information content (AvgIpc) is 2.56. The zero-order chi connectivity index (χ0) is 19.3. The quantitative estimate of drug-likeness (QED) is 0.353. The molecule has 0 saturated heterocycles. The molecule has 2 rings (SSSR count). The summed E-state index contributed by atoms with van der Waals surface area (Å²) in [6.45, 7) is 7.72. The zero-order valence-electron chi connectivity index (χ0n) is 15.6. The van der Waals surface area contributed by atoms with Crippen molar-refractivity contribution in [3.63, 3.8) is 0 Å². The van der Waals surface area contributed by atoms with Gasteiger partial charge in [0.25, 0.3) is 0 Å². The number of rotatable bonds is 6. The van der Waals surface area contributed by atoms with Crippen LogP contribution in [-0.2, 0) is 4.79 Å². The van der Waals surface area contributed by atoms with Gasteiger partial charge in [-0.1, -0.05) is 22.0 Å². The molecule has 0 radical (unpaired) electrons. The van der Waals surface area contributed by atoms with Crippen LogP contribution in [0.3, 0.4) is 0 Å². The molecule has 0 aromatic heterocycles. The van der Waals surface area contributed by atoms with Crippen LogP contribution in [0.5, 0.6) is 17.2 Å². The van der Waals surface area contributed by atoms with Crippen molar-refractivity contribution in [2.75, 3.05) is 7.11 Å². The van der Waals surface area contributed by atoms with Gasteiger partial charge in [-0.05, 0) is 74.7 Å². The number of aryl methyl sites for hydroxylation is 2. The van der Waals surface area contributed by atoms with Crippen LogP contribution in [0.25, 0.3) is 6.08 Å². The Balaban J connectivity index is 2.13. The topological polar surface area (TPSA) is 44.8 Å². The lowest BCUT2D eigenvalue weighted by Crippen LogP contribution is -2.07. The Labute approximate surface area is 162 Å². The number of halogens is 1. The van der Waals surface area contributed by atoms with Crippen LogP contribution in [0.4, 0.5) is 0 Å². The number of esters is 1. The molecule has 5 heteroatoms. The molecule has 0 N–H and O–H groups in total. The molecule has 0 spiro atoms. The van der Waals surface area contributed by atoms with E-state index in [1.165, 1.54) is 6.08 Å². The van der Waals surface area contributed by atoms with Crippen molar-refractivity contribution < 1.29 is 19.0 Å². The minimum absolute atomic E-state index is 0.0534. The highest BCUT2D eigenvalue weighted by molar-refractivity contribution is 9.10. The van der Waals surface area contributed by atoms with E-state index in [9.17, 15) is 4.79 Å². The summed E-state index contributed by atoms with van der Waals surface area (Å²) >= 11 is 3.43. The first kappa shape index (κ1) is 20.0. The molecule has 0 aliphatic heterocycles. The lowest BCUT2D eigenvalue weighted by atomic mass is 10.1. The first-order chi connectivity index (χ1) is 12.3. The van der Waals surface area contributed by atoms with Crippen LogP contribution in [-0.4, -0.2) is 19.2 Å². The van der Waals surface area contributed by atoms with Gasteiger partial charge in [-0.15, -0.1) is 0 Å². The standard InChI is InChI=1S/C21H23BrO4/c1-13(2)25-18-8-6-16(12-19(18)24-5)7-9-20(23)26-21-14(3)10-17(22)11-15(21)4/h6-13H,1-5H3/b9-7+. The third-order valence-corrected chi connectivity index (χ3v) is 4.05. The highest BCUT2D eigenvalue weighted by Gasteiger charge is 2.10. The molecule has 26 heavy (non-hydrogen) atoms. The average molecular weight is 419 g/mol. The predicted octanol–water partition coefficient (Wildman–Crippen LogP) is 5.48. The summed E-state index contributed by atoms with van der Waals surface area (Å²) in [6.07, 6.45) is 3.14. The second kappa shape index (κ2) is 8.90. The molecule has 4 nitrogen and oxygen atoms in total. The van der Waals surface area contributed by atoms with Crippen molar-refractivity contribution in [3.05, 3.63) is 57.6 Å². The van der Waals surface area contributed by atoms with E-state index in [4.69, 9.17) is 14.2 Å². The fourth-order valence-electron chi connectivity index (χ4n) is 2.50. The SMILES string of the molecule is COc1cc(/C=C/C(=O)Oc2c(C)cc(Br)cc2C)ccc1OC(C)C. The minimum Gasteiger partial charge on any atom is -0.493 e. The van der Waals surface area contributed by atoms with E-state index in [-0.39, 0.29) is 6.10 Å². The van der Waals surface area contributed by atoms with Crippen LogP contribution in [0.2, 0.25) is 0 Å². The summed E-state index contributed by atoms with van der Waals surface area (Å²) < 4.78 is 17.5. The molecule has 0 heterocycles. The number of carbonyl (C=O) groups excluding carboxylic acids is 1. The van der Waals surface area contributed by atoms with Gasteiger partial charge in [0.15, 0.2) is 11.5 Å². The first-order valence-corrected chi connectivity index (χ1v) is 9.10. The molecule has 0 aliphatic carbocycles. The van der Waals surface area contributed by atoms with Crippen LogP contribution in [0.1, 0.15) is 30.5 Å². The maximum atomic E-state index is 12.2. The zero-order valence-corrected chi connectivity index (χ0v) is 17.2. The normalized spacial score (nSPS) is 11.0. The first-order valence-electron chi connectivity index (χ1n) is 8.31. The fourth-order valence-corrected chi connectivity index (χ4v) is 3.18. The van der Waals surface area contributed by atoms with Gasteiger partial charge in [-0.2, -0.15) is 0 Å². The van der Waals surface area contributed by atoms with E-state index >= 15 is 0 Å². The lowest BCUT2D eigenvalue weighted by molar-refractivity contribution is -0.129. The van der Waals surface area contributed by atoms with E-state index < -0.39 is 5.97 Å². The highest BCUT2D eigenvalue weighted by Crippen LogP contribution is 2.30. The Bertz CT molecular complexity index is 802. The molecule has 2 aromatic rings. The number of methoxy groups -OCH3 is 1. The van der Waals surface area contributed by atoms with Crippen molar-refractivity contribution in [3.8, 4) is 17.2 Å². The van der Waals surface area contributed by atoms with Crippen LogP contribution >= 0.6 is 15.9 Å². The molecule has 138 valence electrons. The van der Waals surface area contributed by atoms with Gasteiger partial charge in [-0.25, -0.2) is 4.79 Å². The van der Waals surface area contributed by atoms with Gasteiger partial charge in [-0.3, -0.25) is 0 Å². The summed E-state index contributed by atoms with van der Waals surface area (Å²) in [5.41, 5.74) is 2.62. The van der Waals surface area contributed by atoms with E-state index in [1.807, 2.05) is 58.0 Å². The van der Waals surface area contributed by atoms with Gasteiger partial charge in [0.05, 0.1) is 13.2 Å². The molecular formula is C21H23BrO4. The smallest absolute Gasteiger partial charge is 0.336 e. The van der Waals surface area contributed by atoms with E-state index in [1.54, 1.807) is 13.2 Å². The minimum atomic E-state index is -0.431. The van der Waals surface area contributed by atoms with Gasteiger partial charge in [0, 0.05) is 10.5 Å². The van der Waals surface area contributed by atoms with E-state index in [0.29, 0.717) is 17.2 Å². The second-order valence-corrected chi connectivity index (χ2v) is 7.12.